The number of hydrogen-bond donors (Lipinski definition) is 2. The van der Waals surface area contributed by atoms with Crippen molar-refractivity contribution in [1.82, 2.24) is 14.5 Å². The van der Waals surface area contributed by atoms with E-state index in [2.05, 4.69) is 10.2 Å². The van der Waals surface area contributed by atoms with Crippen molar-refractivity contribution in [3.05, 3.63) is 11.3 Å². The van der Waals surface area contributed by atoms with Gasteiger partial charge in [0.15, 0.2) is 0 Å². The molecule has 2 N–H and O–H groups in total. The van der Waals surface area contributed by atoms with Gasteiger partial charge in [0, 0.05) is 19.3 Å². The van der Waals surface area contributed by atoms with Crippen molar-refractivity contribution < 1.29 is 18.3 Å². The lowest BCUT2D eigenvalue weighted by Crippen LogP contribution is -2.32. The molecule has 1 atom stereocenters. The van der Waals surface area contributed by atoms with Gasteiger partial charge in [-0.25, -0.2) is 13.2 Å². The molecule has 0 bridgehead atoms. The van der Waals surface area contributed by atoms with E-state index < -0.39 is 26.9 Å². The van der Waals surface area contributed by atoms with Gasteiger partial charge in [-0.15, -0.1) is 0 Å². The van der Waals surface area contributed by atoms with E-state index in [0.717, 1.165) is 4.31 Å². The minimum atomic E-state index is -4.04. The predicted octanol–water partition coefficient (Wildman–Crippen LogP) is 0.196. The Kier molecular flexibility index (Phi) is 4.28. The molecule has 0 radical (unpaired) electrons. The first-order chi connectivity index (χ1) is 8.71. The average Bonchev–Trinajstić information content (AvgIpc) is 2.71. The summed E-state index contributed by atoms with van der Waals surface area (Å²) in [6, 6.07) is 1.91. The van der Waals surface area contributed by atoms with E-state index >= 15 is 0 Å². The molecule has 0 aliphatic rings. The smallest absolute Gasteiger partial charge is 0.340 e. The van der Waals surface area contributed by atoms with E-state index in [1.165, 1.54) is 14.0 Å². The summed E-state index contributed by atoms with van der Waals surface area (Å²) in [7, 11) is -2.76. The highest BCUT2D eigenvalue weighted by Gasteiger charge is 2.31. The molecule has 0 saturated carbocycles. The zero-order valence-corrected chi connectivity index (χ0v) is 11.5. The number of nitrogens with zero attached hydrogens (tertiary/aromatic N) is 3. The molecule has 9 heteroatoms. The number of aromatic nitrogens is 2. The number of nitrogens with one attached hydrogen (secondary N) is 1. The van der Waals surface area contributed by atoms with Crippen molar-refractivity contribution in [2.45, 2.75) is 18.9 Å². The molecular weight excluding hydrogens is 272 g/mol. The number of rotatable bonds is 5. The Balaban J connectivity index is 3.22. The van der Waals surface area contributed by atoms with Gasteiger partial charge in [-0.2, -0.15) is 14.7 Å². The van der Waals surface area contributed by atoms with E-state index in [9.17, 15) is 13.2 Å². The molecule has 0 amide bonds. The van der Waals surface area contributed by atoms with E-state index in [0.29, 0.717) is 0 Å². The van der Waals surface area contributed by atoms with Crippen molar-refractivity contribution in [3.8, 4) is 6.07 Å². The van der Waals surface area contributed by atoms with Crippen LogP contribution in [0.15, 0.2) is 5.03 Å². The van der Waals surface area contributed by atoms with Gasteiger partial charge in [-0.1, -0.05) is 0 Å². The molecule has 0 spiro atoms. The number of H-pyrrole nitrogens is 1. The summed E-state index contributed by atoms with van der Waals surface area (Å²) in [6.07, 6.45) is 0. The standard InChI is InChI=1S/C10H14N4O4S/c1-6(4-11)5-14(3)19(17,18)9-8(10(15)16)7(2)12-13-9/h6H,5H2,1-3H3,(H,12,13)(H,15,16). The van der Waals surface area contributed by atoms with Gasteiger partial charge < -0.3 is 5.11 Å². The maximum Gasteiger partial charge on any atom is 0.340 e. The largest absolute Gasteiger partial charge is 0.478 e. The number of nitriles is 1. The third kappa shape index (κ3) is 2.91. The van der Waals surface area contributed by atoms with Crippen LogP contribution < -0.4 is 0 Å². The second-order valence-electron chi connectivity index (χ2n) is 4.15. The highest BCUT2D eigenvalue weighted by atomic mass is 32.2. The number of aryl methyl sites for hydroxylation is 1. The molecule has 1 aromatic heterocycles. The van der Waals surface area contributed by atoms with Crippen LogP contribution in [0.25, 0.3) is 0 Å². The van der Waals surface area contributed by atoms with Crippen LogP contribution in [-0.2, 0) is 10.0 Å². The number of carboxylic acid groups (broad SMARTS) is 1. The molecule has 19 heavy (non-hydrogen) atoms. The van der Waals surface area contributed by atoms with Crippen LogP contribution >= 0.6 is 0 Å². The third-order valence-corrected chi connectivity index (χ3v) is 4.29. The lowest BCUT2D eigenvalue weighted by molar-refractivity contribution is 0.0691. The van der Waals surface area contributed by atoms with Crippen LogP contribution in [0.4, 0.5) is 0 Å². The van der Waals surface area contributed by atoms with E-state index in [4.69, 9.17) is 10.4 Å². The molecular formula is C10H14N4O4S. The van der Waals surface area contributed by atoms with Crippen LogP contribution in [-0.4, -0.2) is 47.6 Å². The first kappa shape index (κ1) is 15.1. The Morgan fingerprint density at radius 3 is 2.68 bits per heavy atom. The number of hydrogen-bond acceptors (Lipinski definition) is 5. The quantitative estimate of drug-likeness (QED) is 0.795. The Labute approximate surface area is 110 Å². The van der Waals surface area contributed by atoms with Crippen molar-refractivity contribution in [2.75, 3.05) is 13.6 Å². The number of aromatic amines is 1. The lowest BCUT2D eigenvalue weighted by Gasteiger charge is -2.16. The Morgan fingerprint density at radius 1 is 1.63 bits per heavy atom. The second kappa shape index (κ2) is 5.38. The normalized spacial score (nSPS) is 13.2. The average molecular weight is 286 g/mol. The summed E-state index contributed by atoms with van der Waals surface area (Å²) in [5.74, 6) is -1.88. The second-order valence-corrected chi connectivity index (χ2v) is 6.11. The fraction of sp³-hybridized carbons (Fsp3) is 0.500. The molecule has 8 nitrogen and oxygen atoms in total. The van der Waals surface area contributed by atoms with E-state index in [1.54, 1.807) is 6.92 Å². The van der Waals surface area contributed by atoms with Crippen molar-refractivity contribution in [2.24, 2.45) is 5.92 Å². The summed E-state index contributed by atoms with van der Waals surface area (Å²) >= 11 is 0. The van der Waals surface area contributed by atoms with Crippen LogP contribution in [0, 0.1) is 24.2 Å². The highest BCUT2D eigenvalue weighted by Crippen LogP contribution is 2.20. The van der Waals surface area contributed by atoms with Crippen molar-refractivity contribution in [3.63, 3.8) is 0 Å². The third-order valence-electron chi connectivity index (χ3n) is 2.53. The SMILES string of the molecule is Cc1[nH]nc(S(=O)(=O)N(C)CC(C)C#N)c1C(=O)O. The van der Waals surface area contributed by atoms with Gasteiger partial charge in [0.1, 0.15) is 5.56 Å². The van der Waals surface area contributed by atoms with Crippen LogP contribution in [0.5, 0.6) is 0 Å². The number of aromatic carboxylic acids is 1. The van der Waals surface area contributed by atoms with Gasteiger partial charge in [-0.3, -0.25) is 5.10 Å². The molecule has 0 saturated heterocycles. The zero-order chi connectivity index (χ0) is 14.8. The van der Waals surface area contributed by atoms with Gasteiger partial charge in [0.05, 0.1) is 12.0 Å². The first-order valence-electron chi connectivity index (χ1n) is 5.36. The Morgan fingerprint density at radius 2 is 2.21 bits per heavy atom. The molecule has 0 fully saturated rings. The Hall–Kier alpha value is -1.92. The topological polar surface area (TPSA) is 127 Å². The molecule has 1 heterocycles. The summed E-state index contributed by atoms with van der Waals surface area (Å²) < 4.78 is 25.3. The number of carboxylic acids is 1. The molecule has 104 valence electrons. The summed E-state index contributed by atoms with van der Waals surface area (Å²) in [6.45, 7) is 2.96. The predicted molar refractivity (Wildman–Crippen MR) is 64.9 cm³/mol. The van der Waals surface area contributed by atoms with Gasteiger partial charge >= 0.3 is 5.97 Å². The molecule has 0 aliphatic heterocycles. The molecule has 1 unspecified atom stereocenters. The van der Waals surface area contributed by atoms with Crippen LogP contribution in [0.2, 0.25) is 0 Å². The van der Waals surface area contributed by atoms with Gasteiger partial charge in [0.2, 0.25) is 5.03 Å². The minimum absolute atomic E-state index is 0.0379. The molecule has 0 aliphatic carbocycles. The summed E-state index contributed by atoms with van der Waals surface area (Å²) in [4.78, 5) is 11.1. The summed E-state index contributed by atoms with van der Waals surface area (Å²) in [5.41, 5.74) is -0.218. The maximum absolute atomic E-state index is 12.2. The number of sulfonamides is 1. The van der Waals surface area contributed by atoms with Gasteiger partial charge in [0.25, 0.3) is 10.0 Å². The fourth-order valence-electron chi connectivity index (χ4n) is 1.52. The minimum Gasteiger partial charge on any atom is -0.478 e. The molecule has 0 aromatic carbocycles. The Bertz CT molecular complexity index is 628. The van der Waals surface area contributed by atoms with Crippen molar-refractivity contribution >= 4 is 16.0 Å². The number of carbonyl (C=O) groups is 1. The van der Waals surface area contributed by atoms with Gasteiger partial charge in [-0.05, 0) is 13.8 Å². The zero-order valence-electron chi connectivity index (χ0n) is 10.7. The lowest BCUT2D eigenvalue weighted by atomic mass is 10.2. The monoisotopic (exact) mass is 286 g/mol. The van der Waals surface area contributed by atoms with E-state index in [1.807, 2.05) is 6.07 Å². The van der Waals surface area contributed by atoms with E-state index in [-0.39, 0.29) is 17.8 Å². The van der Waals surface area contributed by atoms with Crippen LogP contribution in [0.1, 0.15) is 23.0 Å². The molecule has 1 aromatic rings. The fourth-order valence-corrected chi connectivity index (χ4v) is 2.89. The van der Waals surface area contributed by atoms with Crippen LogP contribution in [0.3, 0.4) is 0 Å². The highest BCUT2D eigenvalue weighted by molar-refractivity contribution is 7.89. The maximum atomic E-state index is 12.2. The first-order valence-corrected chi connectivity index (χ1v) is 6.80. The summed E-state index contributed by atoms with van der Waals surface area (Å²) in [5, 5.41) is 23.0. The van der Waals surface area contributed by atoms with Crippen molar-refractivity contribution in [1.29, 1.82) is 5.26 Å². The molecule has 1 rings (SSSR count).